The number of sulfone groups is 1. The number of rotatable bonds is 12. The second-order valence-electron chi connectivity index (χ2n) is 7.13. The van der Waals surface area contributed by atoms with E-state index >= 15 is 0 Å². The molecule has 0 radical (unpaired) electrons. The monoisotopic (exact) mass is 511 g/mol. The van der Waals surface area contributed by atoms with E-state index in [9.17, 15) is 8.42 Å². The van der Waals surface area contributed by atoms with Crippen molar-refractivity contribution in [2.24, 2.45) is 0 Å². The number of hydrogen-bond donors (Lipinski definition) is 1. The number of nitrogens with one attached hydrogen (secondary N) is 1. The van der Waals surface area contributed by atoms with Crippen LogP contribution < -0.4 is 5.32 Å². The van der Waals surface area contributed by atoms with Crippen LogP contribution in [-0.4, -0.2) is 24.6 Å². The standard InChI is InChI=1S/C23H30INO2S/c1-19-12-14-22(15-13-19)28(26,27)23(11-7-4-8-16-24)20(2)17-25-18-21-9-5-3-6-10-21/h3,5-6,9-10,12-15,23,25H,2,4,7-8,11,16-18H2,1H3. The quantitative estimate of drug-likeness (QED) is 0.178. The molecule has 2 aromatic rings. The number of halogens is 1. The summed E-state index contributed by atoms with van der Waals surface area (Å²) in [5.41, 5.74) is 2.97. The van der Waals surface area contributed by atoms with Crippen LogP contribution in [0.25, 0.3) is 0 Å². The van der Waals surface area contributed by atoms with E-state index in [1.807, 2.05) is 37.3 Å². The fraction of sp³-hybridized carbons (Fsp3) is 0.391. The molecule has 28 heavy (non-hydrogen) atoms. The smallest absolute Gasteiger partial charge is 0.185 e. The highest BCUT2D eigenvalue weighted by Gasteiger charge is 2.29. The third-order valence-corrected chi connectivity index (χ3v) is 7.81. The molecule has 0 amide bonds. The Morgan fingerprint density at radius 2 is 1.71 bits per heavy atom. The van der Waals surface area contributed by atoms with Crippen molar-refractivity contribution in [2.45, 2.75) is 49.3 Å². The molecule has 1 unspecified atom stereocenters. The minimum absolute atomic E-state index is 0.390. The first-order valence-electron chi connectivity index (χ1n) is 9.74. The predicted octanol–water partition coefficient (Wildman–Crippen LogP) is 5.48. The Bertz CT molecular complexity index is 833. The third-order valence-electron chi connectivity index (χ3n) is 4.80. The first kappa shape index (κ1) is 23.1. The van der Waals surface area contributed by atoms with Gasteiger partial charge in [0, 0.05) is 13.1 Å². The molecular formula is C23H30INO2S. The first-order valence-corrected chi connectivity index (χ1v) is 12.8. The molecule has 1 atom stereocenters. The molecule has 0 saturated heterocycles. The summed E-state index contributed by atoms with van der Waals surface area (Å²) in [4.78, 5) is 0.390. The van der Waals surface area contributed by atoms with Gasteiger partial charge >= 0.3 is 0 Å². The minimum Gasteiger partial charge on any atom is -0.309 e. The van der Waals surface area contributed by atoms with Crippen LogP contribution in [0, 0.1) is 6.92 Å². The van der Waals surface area contributed by atoms with Crippen molar-refractivity contribution in [1.82, 2.24) is 5.32 Å². The van der Waals surface area contributed by atoms with Crippen molar-refractivity contribution in [3.63, 3.8) is 0 Å². The molecule has 2 aromatic carbocycles. The van der Waals surface area contributed by atoms with Gasteiger partial charge in [-0.15, -0.1) is 0 Å². The average molecular weight is 511 g/mol. The normalized spacial score (nSPS) is 12.6. The van der Waals surface area contributed by atoms with Crippen molar-refractivity contribution in [3.8, 4) is 0 Å². The Labute approximate surface area is 183 Å². The summed E-state index contributed by atoms with van der Waals surface area (Å²) in [6.45, 7) is 7.31. The van der Waals surface area contributed by atoms with Crippen LogP contribution >= 0.6 is 22.6 Å². The lowest BCUT2D eigenvalue weighted by molar-refractivity contribution is 0.567. The lowest BCUT2D eigenvalue weighted by Gasteiger charge is -2.21. The molecule has 0 fully saturated rings. The van der Waals surface area contributed by atoms with Crippen molar-refractivity contribution in [1.29, 1.82) is 0 Å². The van der Waals surface area contributed by atoms with E-state index in [0.29, 0.717) is 24.4 Å². The fourth-order valence-electron chi connectivity index (χ4n) is 3.15. The topological polar surface area (TPSA) is 46.2 Å². The second kappa shape index (κ2) is 11.7. The van der Waals surface area contributed by atoms with Crippen LogP contribution in [0.1, 0.15) is 36.8 Å². The summed E-state index contributed by atoms with van der Waals surface area (Å²) in [6.07, 6.45) is 3.69. The zero-order valence-electron chi connectivity index (χ0n) is 16.5. The van der Waals surface area contributed by atoms with Crippen LogP contribution in [-0.2, 0) is 16.4 Å². The fourth-order valence-corrected chi connectivity index (χ4v) is 5.53. The molecule has 0 bridgehead atoms. The number of unbranched alkanes of at least 4 members (excludes halogenated alkanes) is 2. The maximum atomic E-state index is 13.3. The average Bonchev–Trinajstić information content (AvgIpc) is 2.69. The highest BCUT2D eigenvalue weighted by atomic mass is 127. The molecule has 0 spiro atoms. The molecule has 0 aliphatic rings. The van der Waals surface area contributed by atoms with E-state index < -0.39 is 15.1 Å². The van der Waals surface area contributed by atoms with Gasteiger partial charge in [-0.25, -0.2) is 8.42 Å². The summed E-state index contributed by atoms with van der Waals surface area (Å²) >= 11 is 2.36. The van der Waals surface area contributed by atoms with Crippen LogP contribution in [0.2, 0.25) is 0 Å². The van der Waals surface area contributed by atoms with E-state index in [1.165, 1.54) is 5.56 Å². The maximum absolute atomic E-state index is 13.3. The summed E-state index contributed by atoms with van der Waals surface area (Å²) < 4.78 is 27.7. The number of benzene rings is 2. The highest BCUT2D eigenvalue weighted by Crippen LogP contribution is 2.25. The summed E-state index contributed by atoms with van der Waals surface area (Å²) in [6, 6.07) is 17.3. The van der Waals surface area contributed by atoms with Crippen molar-refractivity contribution < 1.29 is 8.42 Å². The Balaban J connectivity index is 2.08. The van der Waals surface area contributed by atoms with E-state index in [4.69, 9.17) is 0 Å². The molecule has 2 rings (SSSR count). The molecule has 5 heteroatoms. The van der Waals surface area contributed by atoms with Gasteiger partial charge in [-0.2, -0.15) is 0 Å². The summed E-state index contributed by atoms with van der Waals surface area (Å²) in [7, 11) is -3.44. The largest absolute Gasteiger partial charge is 0.309 e. The van der Waals surface area contributed by atoms with Gasteiger partial charge < -0.3 is 5.32 Å². The Morgan fingerprint density at radius 3 is 2.36 bits per heavy atom. The molecule has 0 aliphatic carbocycles. The van der Waals surface area contributed by atoms with Gasteiger partial charge in [0.2, 0.25) is 0 Å². The molecule has 152 valence electrons. The van der Waals surface area contributed by atoms with Gasteiger partial charge in [0.1, 0.15) is 0 Å². The molecule has 3 nitrogen and oxygen atoms in total. The zero-order valence-corrected chi connectivity index (χ0v) is 19.5. The van der Waals surface area contributed by atoms with Gasteiger partial charge in [0.15, 0.2) is 9.84 Å². The zero-order chi connectivity index (χ0) is 20.4. The SMILES string of the molecule is C=C(CNCc1ccccc1)C(CCCCCI)S(=O)(=O)c1ccc(C)cc1. The summed E-state index contributed by atoms with van der Waals surface area (Å²) in [5.74, 6) is 0. The van der Waals surface area contributed by atoms with Crippen LogP contribution in [0.5, 0.6) is 0 Å². The molecule has 0 saturated carbocycles. The number of alkyl halides is 1. The minimum atomic E-state index is -3.44. The van der Waals surface area contributed by atoms with Crippen molar-refractivity contribution in [2.75, 3.05) is 11.0 Å². The molecule has 0 aromatic heterocycles. The van der Waals surface area contributed by atoms with Gasteiger partial charge in [0.05, 0.1) is 10.1 Å². The van der Waals surface area contributed by atoms with E-state index in [0.717, 1.165) is 34.8 Å². The van der Waals surface area contributed by atoms with E-state index in [1.54, 1.807) is 12.1 Å². The van der Waals surface area contributed by atoms with Gasteiger partial charge in [-0.05, 0) is 47.5 Å². The molecule has 1 N–H and O–H groups in total. The first-order chi connectivity index (χ1) is 13.4. The number of aryl methyl sites for hydroxylation is 1. The maximum Gasteiger partial charge on any atom is 0.185 e. The summed E-state index contributed by atoms with van der Waals surface area (Å²) in [5, 5.41) is 2.80. The van der Waals surface area contributed by atoms with Crippen LogP contribution in [0.3, 0.4) is 0 Å². The van der Waals surface area contributed by atoms with Crippen LogP contribution in [0.4, 0.5) is 0 Å². The Morgan fingerprint density at radius 1 is 1.04 bits per heavy atom. The van der Waals surface area contributed by atoms with Crippen LogP contribution in [0.15, 0.2) is 71.6 Å². The van der Waals surface area contributed by atoms with Gasteiger partial charge in [0.25, 0.3) is 0 Å². The predicted molar refractivity (Wildman–Crippen MR) is 127 cm³/mol. The van der Waals surface area contributed by atoms with E-state index in [-0.39, 0.29) is 0 Å². The number of hydrogen-bond acceptors (Lipinski definition) is 3. The lowest BCUT2D eigenvalue weighted by atomic mass is 10.1. The van der Waals surface area contributed by atoms with Gasteiger partial charge in [-0.1, -0.05) is 90.0 Å². The van der Waals surface area contributed by atoms with E-state index in [2.05, 4.69) is 46.6 Å². The lowest BCUT2D eigenvalue weighted by Crippen LogP contribution is -2.29. The van der Waals surface area contributed by atoms with Gasteiger partial charge in [-0.3, -0.25) is 0 Å². The molecular weight excluding hydrogens is 481 g/mol. The molecule has 0 heterocycles. The Kier molecular flexibility index (Phi) is 9.68. The third kappa shape index (κ3) is 7.01. The van der Waals surface area contributed by atoms with Crippen molar-refractivity contribution >= 4 is 32.4 Å². The van der Waals surface area contributed by atoms with Crippen molar-refractivity contribution in [3.05, 3.63) is 77.9 Å². The second-order valence-corrected chi connectivity index (χ2v) is 10.3. The molecule has 0 aliphatic heterocycles. The Hall–Kier alpha value is -1.18. The highest BCUT2D eigenvalue weighted by molar-refractivity contribution is 14.1.